The molecule has 0 spiro atoms. The predicted octanol–water partition coefficient (Wildman–Crippen LogP) is 3.55. The smallest absolute Gasteiger partial charge is 0.300 e. The Morgan fingerprint density at radius 2 is 1.57 bits per heavy atom. The maximum atomic E-state index is 11.9. The second-order valence-corrected chi connectivity index (χ2v) is 4.36. The average molecular weight is 282 g/mol. The van der Waals surface area contributed by atoms with Gasteiger partial charge in [-0.2, -0.15) is 0 Å². The highest BCUT2D eigenvalue weighted by Crippen LogP contribution is 2.21. The first-order valence-corrected chi connectivity index (χ1v) is 6.36. The molecule has 4 heteroatoms. The molecule has 0 aliphatic carbocycles. The fourth-order valence-corrected chi connectivity index (χ4v) is 1.85. The van der Waals surface area contributed by atoms with Gasteiger partial charge in [-0.3, -0.25) is 9.59 Å². The molecule has 3 rings (SSSR count). The van der Waals surface area contributed by atoms with Crippen molar-refractivity contribution in [3.8, 4) is 11.3 Å². The molecule has 0 aliphatic rings. The Hall–Kier alpha value is -2.88. The van der Waals surface area contributed by atoms with Crippen molar-refractivity contribution in [3.05, 3.63) is 70.9 Å². The number of benzene rings is 2. The molecule has 1 aromatic heterocycles. The first kappa shape index (κ1) is 14.5. The third-order valence-electron chi connectivity index (χ3n) is 2.69. The average Bonchev–Trinajstić information content (AvgIpc) is 2.47. The maximum absolute atomic E-state index is 11.9. The van der Waals surface area contributed by atoms with Crippen LogP contribution in [0.3, 0.4) is 0 Å². The predicted molar refractivity (Wildman–Crippen MR) is 81.2 cm³/mol. The van der Waals surface area contributed by atoms with E-state index in [0.29, 0.717) is 16.7 Å². The fraction of sp³-hybridized carbons (Fsp3) is 0.0588. The van der Waals surface area contributed by atoms with Crippen molar-refractivity contribution in [2.45, 2.75) is 6.92 Å². The molecule has 0 atom stereocenters. The molecule has 0 saturated heterocycles. The summed E-state index contributed by atoms with van der Waals surface area (Å²) in [6.07, 6.45) is 0. The van der Waals surface area contributed by atoms with Gasteiger partial charge in [0.25, 0.3) is 5.97 Å². The number of carboxylic acid groups (broad SMARTS) is 1. The molecule has 106 valence electrons. The summed E-state index contributed by atoms with van der Waals surface area (Å²) >= 11 is 0. The first-order chi connectivity index (χ1) is 10.1. The van der Waals surface area contributed by atoms with Crippen LogP contribution in [0.25, 0.3) is 22.3 Å². The number of para-hydroxylation sites is 1. The summed E-state index contributed by atoms with van der Waals surface area (Å²) in [7, 11) is 0. The number of rotatable bonds is 1. The van der Waals surface area contributed by atoms with E-state index in [0.717, 1.165) is 12.5 Å². The summed E-state index contributed by atoms with van der Waals surface area (Å²) in [6, 6.07) is 18.4. The summed E-state index contributed by atoms with van der Waals surface area (Å²) in [5.41, 5.74) is 1.53. The van der Waals surface area contributed by atoms with E-state index < -0.39 is 5.97 Å². The van der Waals surface area contributed by atoms with Gasteiger partial charge in [0, 0.05) is 18.6 Å². The van der Waals surface area contributed by atoms with Crippen LogP contribution in [0.5, 0.6) is 0 Å². The van der Waals surface area contributed by atoms with E-state index in [1.165, 1.54) is 6.07 Å². The molecular weight excluding hydrogens is 268 g/mol. The molecule has 1 heterocycles. The summed E-state index contributed by atoms with van der Waals surface area (Å²) in [4.78, 5) is 20.9. The maximum Gasteiger partial charge on any atom is 0.300 e. The van der Waals surface area contributed by atoms with Crippen LogP contribution in [0.15, 0.2) is 69.9 Å². The number of hydrogen-bond donors (Lipinski definition) is 1. The molecule has 0 bridgehead atoms. The van der Waals surface area contributed by atoms with Crippen molar-refractivity contribution < 1.29 is 14.3 Å². The largest absolute Gasteiger partial charge is 0.481 e. The van der Waals surface area contributed by atoms with E-state index in [9.17, 15) is 4.79 Å². The lowest BCUT2D eigenvalue weighted by atomic mass is 10.1. The van der Waals surface area contributed by atoms with Crippen molar-refractivity contribution in [1.82, 2.24) is 0 Å². The van der Waals surface area contributed by atoms with Gasteiger partial charge in [-0.05, 0) is 12.1 Å². The molecule has 0 aliphatic heterocycles. The highest BCUT2D eigenvalue weighted by molar-refractivity contribution is 5.78. The zero-order chi connectivity index (χ0) is 15.2. The molecule has 3 aromatic rings. The minimum Gasteiger partial charge on any atom is -0.481 e. The Balaban J connectivity index is 0.000000361. The van der Waals surface area contributed by atoms with Crippen LogP contribution in [-0.4, -0.2) is 11.1 Å². The summed E-state index contributed by atoms with van der Waals surface area (Å²) < 4.78 is 5.73. The first-order valence-electron chi connectivity index (χ1n) is 6.36. The van der Waals surface area contributed by atoms with E-state index in [-0.39, 0.29) is 5.43 Å². The molecule has 0 radical (unpaired) electrons. The van der Waals surface area contributed by atoms with Gasteiger partial charge in [-0.15, -0.1) is 0 Å². The zero-order valence-electron chi connectivity index (χ0n) is 11.4. The zero-order valence-corrected chi connectivity index (χ0v) is 11.4. The molecule has 0 fully saturated rings. The van der Waals surface area contributed by atoms with Gasteiger partial charge in [0.15, 0.2) is 5.43 Å². The molecular formula is C17H14O4. The molecule has 4 nitrogen and oxygen atoms in total. The van der Waals surface area contributed by atoms with Crippen molar-refractivity contribution in [2.75, 3.05) is 0 Å². The van der Waals surface area contributed by atoms with Crippen LogP contribution >= 0.6 is 0 Å². The van der Waals surface area contributed by atoms with Crippen LogP contribution in [0.1, 0.15) is 6.92 Å². The van der Waals surface area contributed by atoms with Crippen LogP contribution in [0.4, 0.5) is 0 Å². The summed E-state index contributed by atoms with van der Waals surface area (Å²) in [5, 5.41) is 8.03. The normalized spacial score (nSPS) is 9.76. The van der Waals surface area contributed by atoms with E-state index in [1.807, 2.05) is 48.5 Å². The van der Waals surface area contributed by atoms with Gasteiger partial charge in [-0.1, -0.05) is 42.5 Å². The van der Waals surface area contributed by atoms with Crippen molar-refractivity contribution in [2.24, 2.45) is 0 Å². The quantitative estimate of drug-likeness (QED) is 0.741. The number of hydrogen-bond acceptors (Lipinski definition) is 3. The minimum absolute atomic E-state index is 0.00861. The highest BCUT2D eigenvalue weighted by Gasteiger charge is 2.05. The van der Waals surface area contributed by atoms with Gasteiger partial charge in [0.1, 0.15) is 11.3 Å². The number of fused-ring (bicyclic) bond motifs is 1. The van der Waals surface area contributed by atoms with Crippen LogP contribution in [-0.2, 0) is 4.79 Å². The van der Waals surface area contributed by atoms with E-state index in [2.05, 4.69) is 0 Å². The Bertz CT molecular complexity index is 800. The SMILES string of the molecule is CC(=O)O.O=c1cc(-c2ccccc2)oc2ccccc12. The molecule has 0 amide bonds. The van der Waals surface area contributed by atoms with E-state index >= 15 is 0 Å². The summed E-state index contributed by atoms with van der Waals surface area (Å²) in [5.74, 6) is -0.227. The van der Waals surface area contributed by atoms with E-state index in [1.54, 1.807) is 6.07 Å². The van der Waals surface area contributed by atoms with E-state index in [4.69, 9.17) is 14.3 Å². The van der Waals surface area contributed by atoms with Crippen molar-refractivity contribution in [3.63, 3.8) is 0 Å². The molecule has 1 N–H and O–H groups in total. The fourth-order valence-electron chi connectivity index (χ4n) is 1.85. The summed E-state index contributed by atoms with van der Waals surface area (Å²) in [6.45, 7) is 1.08. The van der Waals surface area contributed by atoms with Crippen molar-refractivity contribution >= 4 is 16.9 Å². The monoisotopic (exact) mass is 282 g/mol. The van der Waals surface area contributed by atoms with Gasteiger partial charge in [-0.25, -0.2) is 0 Å². The Labute approximate surface area is 121 Å². The van der Waals surface area contributed by atoms with Crippen LogP contribution < -0.4 is 5.43 Å². The Morgan fingerprint density at radius 1 is 1.00 bits per heavy atom. The second kappa shape index (κ2) is 6.52. The lowest BCUT2D eigenvalue weighted by Gasteiger charge is -2.02. The lowest BCUT2D eigenvalue weighted by molar-refractivity contribution is -0.134. The van der Waals surface area contributed by atoms with Gasteiger partial charge < -0.3 is 9.52 Å². The molecule has 0 saturated carbocycles. The minimum atomic E-state index is -0.833. The van der Waals surface area contributed by atoms with Gasteiger partial charge >= 0.3 is 0 Å². The second-order valence-electron chi connectivity index (χ2n) is 4.36. The van der Waals surface area contributed by atoms with Gasteiger partial charge in [0.05, 0.1) is 5.39 Å². The Morgan fingerprint density at radius 3 is 2.24 bits per heavy atom. The topological polar surface area (TPSA) is 67.5 Å². The number of carbonyl (C=O) groups is 1. The lowest BCUT2D eigenvalue weighted by Crippen LogP contribution is -1.99. The molecule has 2 aromatic carbocycles. The third-order valence-corrected chi connectivity index (χ3v) is 2.69. The van der Waals surface area contributed by atoms with Crippen LogP contribution in [0.2, 0.25) is 0 Å². The van der Waals surface area contributed by atoms with Gasteiger partial charge in [0.2, 0.25) is 0 Å². The molecule has 21 heavy (non-hydrogen) atoms. The standard InChI is InChI=1S/C15H10O2.C2H4O2/c16-13-10-15(11-6-2-1-3-7-11)17-14-9-5-4-8-12(13)14;1-2(3)4/h1-10H;1H3,(H,3,4). The number of aliphatic carboxylic acids is 1. The highest BCUT2D eigenvalue weighted by atomic mass is 16.4. The van der Waals surface area contributed by atoms with Crippen molar-refractivity contribution in [1.29, 1.82) is 0 Å². The van der Waals surface area contributed by atoms with Crippen LogP contribution in [0, 0.1) is 0 Å². The third kappa shape index (κ3) is 3.79. The molecule has 0 unspecified atom stereocenters. The Kier molecular flexibility index (Phi) is 4.51. The number of carboxylic acids is 1.